The number of rotatable bonds is 5. The predicted octanol–water partition coefficient (Wildman–Crippen LogP) is 3.04. The lowest BCUT2D eigenvalue weighted by Crippen LogP contribution is -2.29. The third-order valence-electron chi connectivity index (χ3n) is 2.11. The Morgan fingerprint density at radius 3 is 2.25 bits per heavy atom. The normalized spacial score (nSPS) is 13.1. The van der Waals surface area contributed by atoms with E-state index < -0.39 is 13.7 Å². The molecule has 0 aromatic rings. The van der Waals surface area contributed by atoms with Crippen molar-refractivity contribution in [3.63, 3.8) is 0 Å². The number of allylic oxidation sites excluding steroid dienone is 1. The highest BCUT2D eigenvalue weighted by Gasteiger charge is 2.22. The minimum atomic E-state index is -1.09. The summed E-state index contributed by atoms with van der Waals surface area (Å²) in [7, 11) is -1.09. The van der Waals surface area contributed by atoms with Gasteiger partial charge in [0.2, 0.25) is 0 Å². The highest BCUT2D eigenvalue weighted by Crippen LogP contribution is 2.22. The van der Waals surface area contributed by atoms with E-state index in [0.29, 0.717) is 0 Å². The van der Waals surface area contributed by atoms with Gasteiger partial charge in [0.15, 0.2) is 0 Å². The van der Waals surface area contributed by atoms with Gasteiger partial charge in [-0.2, -0.15) is 0 Å². The van der Waals surface area contributed by atoms with Crippen molar-refractivity contribution in [1.82, 2.24) is 0 Å². The molecule has 0 aliphatic heterocycles. The summed E-state index contributed by atoms with van der Waals surface area (Å²) in [5, 5.41) is 9.55. The largest absolute Gasteiger partial charge is 0.390 e. The Kier molecular flexibility index (Phi) is 4.21. The fourth-order valence-electron chi connectivity index (χ4n) is 1.14. The van der Waals surface area contributed by atoms with Crippen molar-refractivity contribution in [2.24, 2.45) is 0 Å². The van der Waals surface area contributed by atoms with Gasteiger partial charge in [-0.3, -0.25) is 0 Å². The lowest BCUT2D eigenvalue weighted by atomic mass is 10.1. The number of hydrogen-bond acceptors (Lipinski definition) is 1. The Morgan fingerprint density at radius 2 is 1.92 bits per heavy atom. The molecule has 1 nitrogen and oxygen atoms in total. The molecule has 0 bridgehead atoms. The van der Waals surface area contributed by atoms with Crippen molar-refractivity contribution in [1.29, 1.82) is 0 Å². The molecule has 0 spiro atoms. The lowest BCUT2D eigenvalue weighted by Gasteiger charge is -2.25. The van der Waals surface area contributed by atoms with E-state index in [1.54, 1.807) is 0 Å². The van der Waals surface area contributed by atoms with Crippen LogP contribution in [0.15, 0.2) is 12.7 Å². The van der Waals surface area contributed by atoms with Gasteiger partial charge in [0.05, 0.1) is 13.7 Å². The first-order chi connectivity index (χ1) is 5.27. The number of aliphatic hydroxyl groups is 1. The minimum Gasteiger partial charge on any atom is -0.390 e. The molecule has 72 valence electrons. The predicted molar refractivity (Wildman–Crippen MR) is 58.2 cm³/mol. The maximum atomic E-state index is 9.55. The molecule has 0 amide bonds. The van der Waals surface area contributed by atoms with Gasteiger partial charge >= 0.3 is 0 Å². The summed E-state index contributed by atoms with van der Waals surface area (Å²) >= 11 is 0. The molecule has 0 saturated carbocycles. The van der Waals surface area contributed by atoms with Gasteiger partial charge in [0.1, 0.15) is 0 Å². The Balaban J connectivity index is 3.83. The zero-order valence-corrected chi connectivity index (χ0v) is 9.85. The standard InChI is InChI=1S/C10H22OSi/c1-6-8-12(4,5)9-7-10(2,3)11/h6,11H,1,7-9H2,2-5H3. The zero-order valence-electron chi connectivity index (χ0n) is 8.85. The van der Waals surface area contributed by atoms with Crippen LogP contribution in [0.2, 0.25) is 25.2 Å². The van der Waals surface area contributed by atoms with Crippen LogP contribution in [0.5, 0.6) is 0 Å². The van der Waals surface area contributed by atoms with Gasteiger partial charge in [-0.15, -0.1) is 6.58 Å². The van der Waals surface area contributed by atoms with Gasteiger partial charge in [-0.25, -0.2) is 0 Å². The topological polar surface area (TPSA) is 20.2 Å². The minimum absolute atomic E-state index is 0.495. The van der Waals surface area contributed by atoms with Crippen molar-refractivity contribution in [3.8, 4) is 0 Å². The first-order valence-electron chi connectivity index (χ1n) is 4.60. The molecule has 0 saturated heterocycles. The summed E-state index contributed by atoms with van der Waals surface area (Å²) in [6.07, 6.45) is 2.93. The maximum absolute atomic E-state index is 9.55. The van der Waals surface area contributed by atoms with Crippen LogP contribution in [0.25, 0.3) is 0 Å². The summed E-state index contributed by atoms with van der Waals surface area (Å²) < 4.78 is 0. The summed E-state index contributed by atoms with van der Waals surface area (Å²) in [5.74, 6) is 0. The quantitative estimate of drug-likeness (QED) is 0.517. The van der Waals surface area contributed by atoms with E-state index in [1.807, 2.05) is 19.9 Å². The van der Waals surface area contributed by atoms with Crippen LogP contribution >= 0.6 is 0 Å². The van der Waals surface area contributed by atoms with E-state index in [2.05, 4.69) is 19.7 Å². The number of hydrogen-bond donors (Lipinski definition) is 1. The van der Waals surface area contributed by atoms with Crippen molar-refractivity contribution in [2.45, 2.75) is 51.1 Å². The van der Waals surface area contributed by atoms with E-state index in [9.17, 15) is 5.11 Å². The van der Waals surface area contributed by atoms with Crippen LogP contribution in [-0.4, -0.2) is 18.8 Å². The molecule has 0 aromatic heterocycles. The van der Waals surface area contributed by atoms with E-state index in [-0.39, 0.29) is 0 Å². The van der Waals surface area contributed by atoms with Crippen LogP contribution in [-0.2, 0) is 0 Å². The monoisotopic (exact) mass is 186 g/mol. The van der Waals surface area contributed by atoms with Gasteiger partial charge < -0.3 is 5.11 Å². The van der Waals surface area contributed by atoms with Crippen LogP contribution in [0.1, 0.15) is 20.3 Å². The molecular formula is C10H22OSi. The third kappa shape index (κ3) is 6.62. The molecule has 0 aromatic carbocycles. The van der Waals surface area contributed by atoms with Crippen LogP contribution < -0.4 is 0 Å². The molecule has 2 heteroatoms. The summed E-state index contributed by atoms with van der Waals surface area (Å²) in [6.45, 7) is 12.2. The van der Waals surface area contributed by atoms with Crippen LogP contribution in [0.3, 0.4) is 0 Å². The van der Waals surface area contributed by atoms with E-state index >= 15 is 0 Å². The van der Waals surface area contributed by atoms with Crippen molar-refractivity contribution in [3.05, 3.63) is 12.7 Å². The van der Waals surface area contributed by atoms with Crippen LogP contribution in [0.4, 0.5) is 0 Å². The molecule has 0 atom stereocenters. The molecule has 0 heterocycles. The molecular weight excluding hydrogens is 164 g/mol. The highest BCUT2D eigenvalue weighted by atomic mass is 28.3. The van der Waals surface area contributed by atoms with Crippen molar-refractivity contribution in [2.75, 3.05) is 0 Å². The smallest absolute Gasteiger partial charge is 0.0589 e. The van der Waals surface area contributed by atoms with E-state index in [0.717, 1.165) is 12.5 Å². The Morgan fingerprint density at radius 1 is 1.42 bits per heavy atom. The Hall–Kier alpha value is -0.0831. The second-order valence-electron chi connectivity index (χ2n) is 4.97. The molecule has 12 heavy (non-hydrogen) atoms. The van der Waals surface area contributed by atoms with Gasteiger partial charge in [0, 0.05) is 0 Å². The molecule has 0 fully saturated rings. The van der Waals surface area contributed by atoms with Crippen LogP contribution in [0, 0.1) is 0 Å². The first kappa shape index (κ1) is 11.9. The first-order valence-corrected chi connectivity index (χ1v) is 8.01. The third-order valence-corrected chi connectivity index (χ3v) is 5.11. The molecule has 0 radical (unpaired) electrons. The molecule has 0 rings (SSSR count). The zero-order chi connectivity index (χ0) is 9.83. The van der Waals surface area contributed by atoms with E-state index in [4.69, 9.17) is 0 Å². The average molecular weight is 186 g/mol. The summed E-state index contributed by atoms with van der Waals surface area (Å²) in [5.41, 5.74) is -0.495. The maximum Gasteiger partial charge on any atom is 0.0589 e. The SMILES string of the molecule is C=CC[Si](C)(C)CCC(C)(C)O. The van der Waals surface area contributed by atoms with Gasteiger partial charge in [-0.1, -0.05) is 25.2 Å². The van der Waals surface area contributed by atoms with Crippen molar-refractivity contribution >= 4 is 8.07 Å². The lowest BCUT2D eigenvalue weighted by molar-refractivity contribution is 0.0761. The summed E-state index contributed by atoms with van der Waals surface area (Å²) in [4.78, 5) is 0. The average Bonchev–Trinajstić information content (AvgIpc) is 1.83. The highest BCUT2D eigenvalue weighted by molar-refractivity contribution is 6.77. The van der Waals surface area contributed by atoms with Crippen molar-refractivity contribution < 1.29 is 5.11 Å². The molecule has 0 aliphatic rings. The Labute approximate surface area is 77.5 Å². The van der Waals surface area contributed by atoms with Gasteiger partial charge in [-0.05, 0) is 26.3 Å². The van der Waals surface area contributed by atoms with E-state index in [1.165, 1.54) is 6.04 Å². The second-order valence-corrected chi connectivity index (χ2v) is 10.2. The fraction of sp³-hybridized carbons (Fsp3) is 0.800. The molecule has 0 unspecified atom stereocenters. The van der Waals surface area contributed by atoms with Gasteiger partial charge in [0.25, 0.3) is 0 Å². The summed E-state index contributed by atoms with van der Waals surface area (Å²) in [6, 6.07) is 2.34. The fourth-order valence-corrected chi connectivity index (χ4v) is 3.41. The Bertz CT molecular complexity index is 144. The molecule has 1 N–H and O–H groups in total. The molecule has 0 aliphatic carbocycles. The second kappa shape index (κ2) is 4.24.